The van der Waals surface area contributed by atoms with Gasteiger partial charge in [0.25, 0.3) is 0 Å². The van der Waals surface area contributed by atoms with Crippen molar-refractivity contribution in [3.8, 4) is 11.4 Å². The second-order valence-corrected chi connectivity index (χ2v) is 8.26. The smallest absolute Gasteiger partial charge is 0.247 e. The molecule has 9 heteroatoms. The van der Waals surface area contributed by atoms with Crippen molar-refractivity contribution in [1.82, 2.24) is 31.2 Å². The van der Waals surface area contributed by atoms with Gasteiger partial charge in [-0.25, -0.2) is 5.43 Å². The number of amides is 1. The van der Waals surface area contributed by atoms with Crippen LogP contribution >= 0.6 is 11.6 Å². The molecule has 3 aliphatic heterocycles. The Morgan fingerprint density at radius 1 is 1.28 bits per heavy atom. The van der Waals surface area contributed by atoms with Crippen molar-refractivity contribution in [2.24, 2.45) is 5.92 Å². The number of carbonyl (C=O) groups is 1. The number of nitrogens with zero attached hydrogens (tertiary/aromatic N) is 3. The third kappa shape index (κ3) is 3.41. The fourth-order valence-electron chi connectivity index (χ4n) is 4.49. The number of hydrazine groups is 1. The van der Waals surface area contributed by atoms with Crippen molar-refractivity contribution in [1.29, 1.82) is 0 Å². The number of fused-ring (bicyclic) bond motifs is 1. The summed E-state index contributed by atoms with van der Waals surface area (Å²) in [6.45, 7) is 4.00. The van der Waals surface area contributed by atoms with Crippen molar-refractivity contribution in [2.45, 2.75) is 37.9 Å². The van der Waals surface area contributed by atoms with E-state index < -0.39 is 0 Å². The first-order chi connectivity index (χ1) is 14.1. The first-order valence-electron chi connectivity index (χ1n) is 9.98. The van der Waals surface area contributed by atoms with Gasteiger partial charge in [-0.2, -0.15) is 4.98 Å². The molecule has 4 heterocycles. The van der Waals surface area contributed by atoms with Gasteiger partial charge >= 0.3 is 0 Å². The van der Waals surface area contributed by atoms with Crippen molar-refractivity contribution in [3.05, 3.63) is 47.0 Å². The maximum atomic E-state index is 12.5. The summed E-state index contributed by atoms with van der Waals surface area (Å²) in [5, 5.41) is 13.3. The van der Waals surface area contributed by atoms with Crippen LogP contribution in [0.3, 0.4) is 0 Å². The van der Waals surface area contributed by atoms with Crippen LogP contribution in [-0.4, -0.2) is 46.4 Å². The molecule has 3 unspecified atom stereocenters. The normalized spacial score (nSPS) is 27.5. The molecule has 0 saturated carbocycles. The molecule has 0 spiro atoms. The van der Waals surface area contributed by atoms with Gasteiger partial charge in [0, 0.05) is 34.3 Å². The van der Waals surface area contributed by atoms with Crippen molar-refractivity contribution in [3.63, 3.8) is 0 Å². The number of hydrogen-bond donors (Lipinski definition) is 3. The number of rotatable bonds is 3. The van der Waals surface area contributed by atoms with Gasteiger partial charge in [0.1, 0.15) is 6.17 Å². The van der Waals surface area contributed by atoms with Crippen molar-refractivity contribution < 1.29 is 9.32 Å². The SMILES string of the molecule is CC1NN2C(C3CCNCC3)=CC(=O)NC2C1c1nc(-c2cccc(Cl)c2)no1. The molecule has 29 heavy (non-hydrogen) atoms. The summed E-state index contributed by atoms with van der Waals surface area (Å²) in [6.07, 6.45) is 3.49. The van der Waals surface area contributed by atoms with Crippen LogP contribution < -0.4 is 16.1 Å². The fourth-order valence-corrected chi connectivity index (χ4v) is 4.68. The molecule has 2 aromatic rings. The highest BCUT2D eigenvalue weighted by atomic mass is 35.5. The summed E-state index contributed by atoms with van der Waals surface area (Å²) in [4.78, 5) is 17.1. The monoisotopic (exact) mass is 414 g/mol. The van der Waals surface area contributed by atoms with Crippen LogP contribution in [0.15, 0.2) is 40.6 Å². The maximum absolute atomic E-state index is 12.5. The summed E-state index contributed by atoms with van der Waals surface area (Å²) in [5.74, 6) is 1.11. The number of halogens is 1. The predicted octanol–water partition coefficient (Wildman–Crippen LogP) is 2.02. The summed E-state index contributed by atoms with van der Waals surface area (Å²) < 4.78 is 5.63. The van der Waals surface area contributed by atoms with E-state index in [0.717, 1.165) is 37.2 Å². The molecular formula is C20H23ClN6O2. The van der Waals surface area contributed by atoms with Gasteiger partial charge in [-0.3, -0.25) is 9.80 Å². The Morgan fingerprint density at radius 2 is 2.10 bits per heavy atom. The fraction of sp³-hybridized carbons (Fsp3) is 0.450. The Bertz CT molecular complexity index is 954. The highest BCUT2D eigenvalue weighted by Crippen LogP contribution is 2.37. The molecule has 8 nitrogen and oxygen atoms in total. The molecule has 1 aromatic heterocycles. The standard InChI is InChI=1S/C20H23ClN6O2/c1-11-17(20-24-18(26-29-20)13-3-2-4-14(21)9-13)19-23-16(28)10-15(27(19)25-11)12-5-7-22-8-6-12/h2-4,9-12,17,19,22,25H,5-8H2,1H3,(H,23,28). The van der Waals surface area contributed by atoms with E-state index in [1.807, 2.05) is 12.1 Å². The number of nitrogens with one attached hydrogen (secondary N) is 3. The predicted molar refractivity (Wildman–Crippen MR) is 108 cm³/mol. The maximum Gasteiger partial charge on any atom is 0.247 e. The highest BCUT2D eigenvalue weighted by Gasteiger charge is 2.48. The number of piperidine rings is 1. The van der Waals surface area contributed by atoms with E-state index >= 15 is 0 Å². The zero-order valence-electron chi connectivity index (χ0n) is 16.1. The quantitative estimate of drug-likeness (QED) is 0.707. The van der Waals surface area contributed by atoms with Crippen LogP contribution in [0.2, 0.25) is 5.02 Å². The Kier molecular flexibility index (Phi) is 4.77. The zero-order valence-corrected chi connectivity index (χ0v) is 16.8. The lowest BCUT2D eigenvalue weighted by Gasteiger charge is -2.38. The Labute approximate surface area is 173 Å². The topological polar surface area (TPSA) is 95.3 Å². The molecule has 152 valence electrons. The van der Waals surface area contributed by atoms with Gasteiger partial charge in [-0.05, 0) is 45.0 Å². The van der Waals surface area contributed by atoms with Crippen LogP contribution in [0.5, 0.6) is 0 Å². The summed E-state index contributed by atoms with van der Waals surface area (Å²) in [5.41, 5.74) is 5.35. The van der Waals surface area contributed by atoms with Gasteiger partial charge in [-0.15, -0.1) is 0 Å². The lowest BCUT2D eigenvalue weighted by molar-refractivity contribution is -0.119. The second-order valence-electron chi connectivity index (χ2n) is 7.83. The molecule has 0 radical (unpaired) electrons. The summed E-state index contributed by atoms with van der Waals surface area (Å²) in [6, 6.07) is 7.38. The summed E-state index contributed by atoms with van der Waals surface area (Å²) in [7, 11) is 0. The van der Waals surface area contributed by atoms with Crippen molar-refractivity contribution >= 4 is 17.5 Å². The molecule has 0 aliphatic carbocycles. The van der Waals surface area contributed by atoms with Gasteiger partial charge in [-0.1, -0.05) is 28.9 Å². The van der Waals surface area contributed by atoms with E-state index in [-0.39, 0.29) is 24.0 Å². The molecule has 3 aliphatic rings. The van der Waals surface area contributed by atoms with E-state index in [4.69, 9.17) is 16.1 Å². The molecular weight excluding hydrogens is 392 g/mol. The van der Waals surface area contributed by atoms with E-state index in [1.165, 1.54) is 0 Å². The van der Waals surface area contributed by atoms with Gasteiger partial charge in [0.15, 0.2) is 0 Å². The first kappa shape index (κ1) is 18.6. The Balaban J connectivity index is 1.44. The van der Waals surface area contributed by atoms with Crippen LogP contribution in [-0.2, 0) is 4.79 Å². The molecule has 1 amide bonds. The highest BCUT2D eigenvalue weighted by molar-refractivity contribution is 6.30. The minimum atomic E-state index is -0.264. The number of benzene rings is 1. The molecule has 1 aromatic carbocycles. The second kappa shape index (κ2) is 7.44. The third-order valence-electron chi connectivity index (χ3n) is 5.91. The molecule has 0 bridgehead atoms. The minimum absolute atomic E-state index is 0.0242. The molecule has 5 rings (SSSR count). The average Bonchev–Trinajstić information content (AvgIpc) is 3.32. The number of hydrogen-bond acceptors (Lipinski definition) is 7. The van der Waals surface area contributed by atoms with E-state index in [0.29, 0.717) is 22.7 Å². The lowest BCUT2D eigenvalue weighted by Crippen LogP contribution is -2.54. The number of carbonyl (C=O) groups excluding carboxylic acids is 1. The van der Waals surface area contributed by atoms with Crippen molar-refractivity contribution in [2.75, 3.05) is 13.1 Å². The van der Waals surface area contributed by atoms with E-state index in [1.54, 1.807) is 18.2 Å². The van der Waals surface area contributed by atoms with Gasteiger partial charge in [0.05, 0.1) is 5.92 Å². The summed E-state index contributed by atoms with van der Waals surface area (Å²) >= 11 is 6.09. The van der Waals surface area contributed by atoms with Gasteiger partial charge in [0.2, 0.25) is 17.6 Å². The third-order valence-corrected chi connectivity index (χ3v) is 6.15. The van der Waals surface area contributed by atoms with E-state index in [9.17, 15) is 4.79 Å². The number of allylic oxidation sites excluding steroid dienone is 1. The van der Waals surface area contributed by atoms with Crippen LogP contribution in [0.25, 0.3) is 11.4 Å². The largest absolute Gasteiger partial charge is 0.338 e. The molecule has 3 atom stereocenters. The van der Waals surface area contributed by atoms with Crippen LogP contribution in [0.4, 0.5) is 0 Å². The lowest BCUT2D eigenvalue weighted by atomic mass is 9.91. The molecule has 3 N–H and O–H groups in total. The minimum Gasteiger partial charge on any atom is -0.338 e. The molecule has 2 saturated heterocycles. The Morgan fingerprint density at radius 3 is 2.90 bits per heavy atom. The zero-order chi connectivity index (χ0) is 20.0. The Hall–Kier alpha value is -2.42. The first-order valence-corrected chi connectivity index (χ1v) is 10.4. The average molecular weight is 415 g/mol. The number of aromatic nitrogens is 2. The van der Waals surface area contributed by atoms with E-state index in [2.05, 4.69) is 38.1 Å². The van der Waals surface area contributed by atoms with Crippen LogP contribution in [0.1, 0.15) is 31.6 Å². The van der Waals surface area contributed by atoms with Gasteiger partial charge < -0.3 is 15.2 Å². The molecule has 2 fully saturated rings. The van der Waals surface area contributed by atoms with Crippen LogP contribution in [0, 0.1) is 5.92 Å².